The van der Waals surface area contributed by atoms with Gasteiger partial charge in [-0.15, -0.1) is 11.3 Å². The van der Waals surface area contributed by atoms with Crippen molar-refractivity contribution >= 4 is 23.1 Å². The van der Waals surface area contributed by atoms with E-state index >= 15 is 0 Å². The number of esters is 1. The number of carbonyl (C=O) groups excluding carboxylic acids is 1. The minimum absolute atomic E-state index is 0.299. The average molecular weight is 341 g/mol. The van der Waals surface area contributed by atoms with Gasteiger partial charge in [-0.3, -0.25) is 4.98 Å². The minimum atomic E-state index is -0.449. The smallest absolute Gasteiger partial charge is 0.343 e. The van der Waals surface area contributed by atoms with E-state index in [0.717, 1.165) is 16.3 Å². The number of pyridine rings is 1. The van der Waals surface area contributed by atoms with Crippen molar-refractivity contribution in [2.24, 2.45) is 0 Å². The van der Waals surface area contributed by atoms with E-state index < -0.39 is 5.97 Å². The summed E-state index contributed by atoms with van der Waals surface area (Å²) in [6.45, 7) is 2.50. The molecular formula is C16H15N5O2S. The van der Waals surface area contributed by atoms with E-state index in [1.807, 2.05) is 17.5 Å². The van der Waals surface area contributed by atoms with Crippen molar-refractivity contribution in [3.05, 3.63) is 53.7 Å². The van der Waals surface area contributed by atoms with Gasteiger partial charge in [0.25, 0.3) is 0 Å². The molecule has 0 aromatic carbocycles. The lowest BCUT2D eigenvalue weighted by Gasteiger charge is -2.08. The van der Waals surface area contributed by atoms with Crippen molar-refractivity contribution < 1.29 is 9.53 Å². The second kappa shape index (κ2) is 7.60. The SMILES string of the molecule is CCOC(=O)c1cncnc1NCc1csc(-c2cccnc2)n1. The highest BCUT2D eigenvalue weighted by atomic mass is 32.1. The highest BCUT2D eigenvalue weighted by molar-refractivity contribution is 7.13. The number of nitrogens with zero attached hydrogens (tertiary/aromatic N) is 4. The number of carbonyl (C=O) groups is 1. The normalized spacial score (nSPS) is 10.4. The molecule has 0 spiro atoms. The first kappa shape index (κ1) is 16.0. The average Bonchev–Trinajstić information content (AvgIpc) is 3.10. The van der Waals surface area contributed by atoms with Crippen LogP contribution in [0.5, 0.6) is 0 Å². The van der Waals surface area contributed by atoms with Gasteiger partial charge < -0.3 is 10.1 Å². The number of hydrogen-bond donors (Lipinski definition) is 1. The number of anilines is 1. The van der Waals surface area contributed by atoms with Gasteiger partial charge in [0.05, 0.1) is 18.8 Å². The van der Waals surface area contributed by atoms with Crippen molar-refractivity contribution in [3.63, 3.8) is 0 Å². The summed E-state index contributed by atoms with van der Waals surface area (Å²) >= 11 is 1.54. The van der Waals surface area contributed by atoms with Crippen LogP contribution in [0.15, 0.2) is 42.4 Å². The first-order valence-electron chi connectivity index (χ1n) is 7.33. The van der Waals surface area contributed by atoms with Crippen molar-refractivity contribution in [2.75, 3.05) is 11.9 Å². The fraction of sp³-hybridized carbons (Fsp3) is 0.188. The van der Waals surface area contributed by atoms with Gasteiger partial charge in [0, 0.05) is 29.5 Å². The van der Waals surface area contributed by atoms with Crippen LogP contribution in [-0.2, 0) is 11.3 Å². The lowest BCUT2D eigenvalue weighted by atomic mass is 10.3. The van der Waals surface area contributed by atoms with E-state index in [-0.39, 0.29) is 0 Å². The Morgan fingerprint density at radius 3 is 3.04 bits per heavy atom. The molecule has 24 heavy (non-hydrogen) atoms. The van der Waals surface area contributed by atoms with Crippen LogP contribution in [0.2, 0.25) is 0 Å². The Morgan fingerprint density at radius 2 is 2.25 bits per heavy atom. The fourth-order valence-electron chi connectivity index (χ4n) is 2.01. The molecule has 0 aliphatic rings. The third kappa shape index (κ3) is 3.72. The van der Waals surface area contributed by atoms with Gasteiger partial charge in [-0.1, -0.05) is 0 Å². The molecule has 0 unspecified atom stereocenters. The maximum Gasteiger partial charge on any atom is 0.343 e. The van der Waals surface area contributed by atoms with Gasteiger partial charge in [-0.05, 0) is 19.1 Å². The molecule has 0 fully saturated rings. The second-order valence-corrected chi connectivity index (χ2v) is 5.60. The predicted octanol–water partition coefficient (Wildman–Crippen LogP) is 2.78. The molecule has 7 nitrogen and oxygen atoms in total. The molecule has 3 aromatic rings. The maximum atomic E-state index is 11.9. The van der Waals surface area contributed by atoms with E-state index in [1.54, 1.807) is 30.7 Å². The number of hydrogen-bond acceptors (Lipinski definition) is 8. The fourth-order valence-corrected chi connectivity index (χ4v) is 2.82. The zero-order chi connectivity index (χ0) is 16.8. The Bertz CT molecular complexity index is 822. The molecule has 0 bridgehead atoms. The van der Waals surface area contributed by atoms with Crippen LogP contribution >= 0.6 is 11.3 Å². The Hall–Kier alpha value is -2.87. The van der Waals surface area contributed by atoms with Crippen LogP contribution in [-0.4, -0.2) is 32.5 Å². The van der Waals surface area contributed by atoms with Crippen LogP contribution in [0.4, 0.5) is 5.82 Å². The molecule has 3 rings (SSSR count). The van der Waals surface area contributed by atoms with Gasteiger partial charge in [-0.25, -0.2) is 19.7 Å². The molecule has 3 aromatic heterocycles. The summed E-state index contributed by atoms with van der Waals surface area (Å²) in [7, 11) is 0. The molecular weight excluding hydrogens is 326 g/mol. The van der Waals surface area contributed by atoms with Crippen LogP contribution in [0, 0.1) is 0 Å². The summed E-state index contributed by atoms with van der Waals surface area (Å²) in [6, 6.07) is 3.84. The topological polar surface area (TPSA) is 89.9 Å². The molecule has 1 N–H and O–H groups in total. The van der Waals surface area contributed by atoms with Crippen molar-refractivity contribution in [1.82, 2.24) is 19.9 Å². The van der Waals surface area contributed by atoms with Gasteiger partial charge in [-0.2, -0.15) is 0 Å². The first-order chi connectivity index (χ1) is 11.8. The predicted molar refractivity (Wildman–Crippen MR) is 90.7 cm³/mol. The maximum absolute atomic E-state index is 11.9. The number of thiazole rings is 1. The standard InChI is InChI=1S/C16H15N5O2S/c1-2-23-16(22)13-8-18-10-20-14(13)19-7-12-9-24-15(21-12)11-4-3-5-17-6-11/h3-6,8-10H,2,7H2,1H3,(H,18,19,20). The summed E-state index contributed by atoms with van der Waals surface area (Å²) in [5.41, 5.74) is 2.14. The highest BCUT2D eigenvalue weighted by Gasteiger charge is 2.14. The van der Waals surface area contributed by atoms with Crippen LogP contribution < -0.4 is 5.32 Å². The lowest BCUT2D eigenvalue weighted by Crippen LogP contribution is -2.12. The third-order valence-corrected chi connectivity index (χ3v) is 4.04. The monoisotopic (exact) mass is 341 g/mol. The quantitative estimate of drug-likeness (QED) is 0.689. The Kier molecular flexibility index (Phi) is 5.07. The zero-order valence-corrected chi connectivity index (χ0v) is 13.8. The highest BCUT2D eigenvalue weighted by Crippen LogP contribution is 2.23. The van der Waals surface area contributed by atoms with Gasteiger partial charge in [0.1, 0.15) is 22.7 Å². The molecule has 0 aliphatic carbocycles. The Morgan fingerprint density at radius 1 is 1.33 bits per heavy atom. The van der Waals surface area contributed by atoms with E-state index in [4.69, 9.17) is 4.74 Å². The number of ether oxygens (including phenoxy) is 1. The second-order valence-electron chi connectivity index (χ2n) is 4.74. The zero-order valence-electron chi connectivity index (χ0n) is 13.0. The molecule has 0 aliphatic heterocycles. The number of rotatable bonds is 6. The molecule has 0 saturated heterocycles. The first-order valence-corrected chi connectivity index (χ1v) is 8.21. The van der Waals surface area contributed by atoms with Gasteiger partial charge in [0.2, 0.25) is 0 Å². The molecule has 0 atom stereocenters. The Labute approximate surface area is 142 Å². The number of nitrogens with one attached hydrogen (secondary N) is 1. The van der Waals surface area contributed by atoms with E-state index in [2.05, 4.69) is 25.3 Å². The van der Waals surface area contributed by atoms with E-state index in [1.165, 1.54) is 12.5 Å². The summed E-state index contributed by atoms with van der Waals surface area (Å²) in [6.07, 6.45) is 6.33. The molecule has 0 saturated carbocycles. The van der Waals surface area contributed by atoms with Crippen molar-refractivity contribution in [3.8, 4) is 10.6 Å². The van der Waals surface area contributed by atoms with Gasteiger partial charge >= 0.3 is 5.97 Å². The summed E-state index contributed by atoms with van der Waals surface area (Å²) in [5, 5.41) is 5.97. The lowest BCUT2D eigenvalue weighted by molar-refractivity contribution is 0.0526. The summed E-state index contributed by atoms with van der Waals surface area (Å²) in [5.74, 6) is -0.0192. The van der Waals surface area contributed by atoms with Crippen LogP contribution in [0.25, 0.3) is 10.6 Å². The van der Waals surface area contributed by atoms with Gasteiger partial charge in [0.15, 0.2) is 0 Å². The molecule has 8 heteroatoms. The van der Waals surface area contributed by atoms with E-state index in [9.17, 15) is 4.79 Å². The molecule has 0 radical (unpaired) electrons. The number of aromatic nitrogens is 4. The molecule has 0 amide bonds. The molecule has 3 heterocycles. The van der Waals surface area contributed by atoms with Crippen LogP contribution in [0.3, 0.4) is 0 Å². The van der Waals surface area contributed by atoms with E-state index in [0.29, 0.717) is 24.5 Å². The Balaban J connectivity index is 1.71. The summed E-state index contributed by atoms with van der Waals surface area (Å²) < 4.78 is 5.00. The third-order valence-electron chi connectivity index (χ3n) is 3.10. The molecule has 122 valence electrons. The van der Waals surface area contributed by atoms with Crippen LogP contribution in [0.1, 0.15) is 23.0 Å². The largest absolute Gasteiger partial charge is 0.462 e. The van der Waals surface area contributed by atoms with Crippen molar-refractivity contribution in [1.29, 1.82) is 0 Å². The minimum Gasteiger partial charge on any atom is -0.462 e. The summed E-state index contributed by atoms with van der Waals surface area (Å²) in [4.78, 5) is 28.5. The van der Waals surface area contributed by atoms with Crippen molar-refractivity contribution in [2.45, 2.75) is 13.5 Å².